The second kappa shape index (κ2) is 7.41. The second-order valence-corrected chi connectivity index (χ2v) is 5.75. The molecule has 0 aromatic heterocycles. The lowest BCUT2D eigenvalue weighted by Crippen LogP contribution is -2.68. The first-order valence-corrected chi connectivity index (χ1v) is 7.18. The quantitative estimate of drug-likeness (QED) is 0.215. The van der Waals surface area contributed by atoms with Crippen molar-refractivity contribution in [2.45, 2.75) is 61.1 Å². The molecule has 0 aliphatic carbocycles. The molecule has 2 heterocycles. The van der Waals surface area contributed by atoms with Crippen molar-refractivity contribution in [3.05, 3.63) is 0 Å². The highest BCUT2D eigenvalue weighted by atomic mass is 16.8. The summed E-state index contributed by atoms with van der Waals surface area (Å²) in [5.74, 6) is -2.86. The molecule has 2 aliphatic heterocycles. The van der Waals surface area contributed by atoms with Crippen molar-refractivity contribution in [1.29, 1.82) is 0 Å². The molecular weight excluding hydrogens is 336 g/mol. The number of hydrogen-bond donors (Lipinski definition) is 9. The summed E-state index contributed by atoms with van der Waals surface area (Å²) in [5.41, 5.74) is 0. The Labute approximate surface area is 135 Å². The molecule has 0 spiro atoms. The maximum absolute atomic E-state index is 10.1. The van der Waals surface area contributed by atoms with Crippen LogP contribution in [0.1, 0.15) is 0 Å². The summed E-state index contributed by atoms with van der Waals surface area (Å²) >= 11 is 0. The van der Waals surface area contributed by atoms with Crippen LogP contribution in [0.2, 0.25) is 0 Å². The van der Waals surface area contributed by atoms with E-state index < -0.39 is 74.3 Å². The number of rotatable bonds is 4. The average molecular weight is 358 g/mol. The van der Waals surface area contributed by atoms with Crippen molar-refractivity contribution in [3.63, 3.8) is 0 Å². The predicted molar refractivity (Wildman–Crippen MR) is 69.8 cm³/mol. The van der Waals surface area contributed by atoms with E-state index in [0.717, 1.165) is 0 Å². The number of ether oxygens (including phenoxy) is 3. The highest BCUT2D eigenvalue weighted by Gasteiger charge is 2.55. The number of hydrogen-bond acceptors (Lipinski definition) is 12. The number of aliphatic hydroxyl groups excluding tert-OH is 8. The van der Waals surface area contributed by atoms with E-state index in [0.29, 0.717) is 0 Å². The maximum atomic E-state index is 10.1. The van der Waals surface area contributed by atoms with E-state index in [1.807, 2.05) is 0 Å². The molecule has 10 atom stereocenters. The van der Waals surface area contributed by atoms with Gasteiger partial charge in [0.2, 0.25) is 12.1 Å². The van der Waals surface area contributed by atoms with Crippen LogP contribution >= 0.6 is 0 Å². The molecule has 2 saturated heterocycles. The van der Waals surface area contributed by atoms with Gasteiger partial charge in [0.1, 0.15) is 42.7 Å². The Bertz CT molecular complexity index is 421. The fraction of sp³-hybridized carbons (Fsp3) is 1.00. The normalized spacial score (nSPS) is 51.4. The van der Waals surface area contributed by atoms with Gasteiger partial charge in [-0.15, -0.1) is 0 Å². The molecule has 2 aliphatic rings. The summed E-state index contributed by atoms with van der Waals surface area (Å²) in [5, 5.41) is 86.8. The highest BCUT2D eigenvalue weighted by Crippen LogP contribution is 2.30. The van der Waals surface area contributed by atoms with Crippen molar-refractivity contribution in [2.24, 2.45) is 0 Å². The third-order valence-electron chi connectivity index (χ3n) is 4.09. The Morgan fingerprint density at radius 2 is 1.62 bits per heavy atom. The van der Waals surface area contributed by atoms with E-state index in [1.54, 1.807) is 0 Å². The fourth-order valence-corrected chi connectivity index (χ4v) is 2.48. The summed E-state index contributed by atoms with van der Waals surface area (Å²) in [6, 6.07) is 0. The SMILES string of the molecule is OC[C@H]1O[C@H](OC(O)[C@@]2(O)OC[C@@H](O)[C@@H](O)[C@@H]2O)[C@H](O)[C@@H](O)[C@@H]1O. The van der Waals surface area contributed by atoms with Crippen LogP contribution in [-0.2, 0) is 14.2 Å². The lowest BCUT2D eigenvalue weighted by atomic mass is 9.96. The van der Waals surface area contributed by atoms with Gasteiger partial charge >= 0.3 is 0 Å². The Kier molecular flexibility index (Phi) is 6.12. The summed E-state index contributed by atoms with van der Waals surface area (Å²) < 4.78 is 14.5. The molecule has 0 aromatic carbocycles. The summed E-state index contributed by atoms with van der Waals surface area (Å²) in [4.78, 5) is 0. The van der Waals surface area contributed by atoms with Gasteiger partial charge in [0.15, 0.2) is 6.29 Å². The molecule has 0 saturated carbocycles. The van der Waals surface area contributed by atoms with Gasteiger partial charge in [0.05, 0.1) is 13.2 Å². The minimum atomic E-state index is -2.86. The standard InChI is InChI=1S/C12H22O12/c13-1-4-6(16)7(17)8(18)10(23-4)24-11(20)12(21)9(19)5(15)3(14)2-22-12/h3-11,13-21H,1-2H2/t3-,4-,5-,6-,7+,8-,9+,10-,11?,12+/m1/s1. The second-order valence-electron chi connectivity index (χ2n) is 5.75. The van der Waals surface area contributed by atoms with Crippen LogP contribution < -0.4 is 0 Å². The first kappa shape index (κ1) is 19.8. The van der Waals surface area contributed by atoms with Crippen LogP contribution in [0.25, 0.3) is 0 Å². The minimum absolute atomic E-state index is 0.635. The molecule has 1 unspecified atom stereocenters. The first-order valence-electron chi connectivity index (χ1n) is 7.18. The van der Waals surface area contributed by atoms with Gasteiger partial charge in [-0.05, 0) is 0 Å². The van der Waals surface area contributed by atoms with Crippen molar-refractivity contribution in [1.82, 2.24) is 0 Å². The maximum Gasteiger partial charge on any atom is 0.247 e. The van der Waals surface area contributed by atoms with Crippen LogP contribution in [-0.4, -0.2) is 120 Å². The van der Waals surface area contributed by atoms with E-state index in [9.17, 15) is 40.9 Å². The molecule has 0 radical (unpaired) electrons. The molecule has 0 aromatic rings. The van der Waals surface area contributed by atoms with Gasteiger partial charge in [0.25, 0.3) is 0 Å². The lowest BCUT2D eigenvalue weighted by Gasteiger charge is -2.46. The fourth-order valence-electron chi connectivity index (χ4n) is 2.48. The first-order chi connectivity index (χ1) is 11.1. The minimum Gasteiger partial charge on any atom is -0.394 e. The van der Waals surface area contributed by atoms with Crippen LogP contribution in [0.15, 0.2) is 0 Å². The van der Waals surface area contributed by atoms with Gasteiger partial charge in [-0.1, -0.05) is 0 Å². The Morgan fingerprint density at radius 3 is 2.21 bits per heavy atom. The van der Waals surface area contributed by atoms with Gasteiger partial charge < -0.3 is 60.2 Å². The third-order valence-corrected chi connectivity index (χ3v) is 4.09. The van der Waals surface area contributed by atoms with Crippen LogP contribution in [0, 0.1) is 0 Å². The molecule has 2 fully saturated rings. The highest BCUT2D eigenvalue weighted by molar-refractivity contribution is 4.94. The van der Waals surface area contributed by atoms with E-state index >= 15 is 0 Å². The van der Waals surface area contributed by atoms with E-state index in [-0.39, 0.29) is 0 Å². The largest absolute Gasteiger partial charge is 0.394 e. The van der Waals surface area contributed by atoms with Crippen LogP contribution in [0.3, 0.4) is 0 Å². The summed E-state index contributed by atoms with van der Waals surface area (Å²) in [6.07, 6.45) is -16.3. The average Bonchev–Trinajstić information content (AvgIpc) is 2.56. The number of aliphatic hydroxyl groups is 9. The molecular formula is C12H22O12. The summed E-state index contributed by atoms with van der Waals surface area (Å²) in [6.45, 7) is -1.38. The van der Waals surface area contributed by atoms with Crippen molar-refractivity contribution in [2.75, 3.05) is 13.2 Å². The molecule has 0 bridgehead atoms. The predicted octanol–water partition coefficient (Wildman–Crippen LogP) is -6.08. The van der Waals surface area contributed by atoms with Gasteiger partial charge in [-0.3, -0.25) is 0 Å². The smallest absolute Gasteiger partial charge is 0.247 e. The van der Waals surface area contributed by atoms with Crippen molar-refractivity contribution in [3.8, 4) is 0 Å². The monoisotopic (exact) mass is 358 g/mol. The topological polar surface area (TPSA) is 210 Å². The van der Waals surface area contributed by atoms with Crippen molar-refractivity contribution < 1.29 is 60.2 Å². The lowest BCUT2D eigenvalue weighted by molar-refractivity contribution is -0.423. The Morgan fingerprint density at radius 1 is 1.00 bits per heavy atom. The van der Waals surface area contributed by atoms with E-state index in [2.05, 4.69) is 0 Å². The molecule has 24 heavy (non-hydrogen) atoms. The molecule has 9 N–H and O–H groups in total. The van der Waals surface area contributed by atoms with Gasteiger partial charge in [-0.25, -0.2) is 0 Å². The van der Waals surface area contributed by atoms with Crippen LogP contribution in [0.5, 0.6) is 0 Å². The Hall–Kier alpha value is -0.480. The molecule has 0 amide bonds. The zero-order valence-corrected chi connectivity index (χ0v) is 12.4. The molecule has 142 valence electrons. The molecule has 12 nitrogen and oxygen atoms in total. The zero-order chi connectivity index (χ0) is 18.2. The Balaban J connectivity index is 2.09. The molecule has 12 heteroatoms. The third kappa shape index (κ3) is 3.41. The van der Waals surface area contributed by atoms with Gasteiger partial charge in [-0.2, -0.15) is 0 Å². The van der Waals surface area contributed by atoms with E-state index in [4.69, 9.17) is 19.3 Å². The summed E-state index contributed by atoms with van der Waals surface area (Å²) in [7, 11) is 0. The van der Waals surface area contributed by atoms with Crippen LogP contribution in [0.4, 0.5) is 0 Å². The van der Waals surface area contributed by atoms with Crippen molar-refractivity contribution >= 4 is 0 Å². The van der Waals surface area contributed by atoms with Gasteiger partial charge in [0, 0.05) is 0 Å². The van der Waals surface area contributed by atoms with E-state index in [1.165, 1.54) is 0 Å². The zero-order valence-electron chi connectivity index (χ0n) is 12.4. The molecule has 2 rings (SSSR count).